The van der Waals surface area contributed by atoms with Gasteiger partial charge in [-0.2, -0.15) is 0 Å². The van der Waals surface area contributed by atoms with Gasteiger partial charge < -0.3 is 20.4 Å². The third kappa shape index (κ3) is 1.72. The summed E-state index contributed by atoms with van der Waals surface area (Å²) in [6.07, 6.45) is 0. The fourth-order valence-corrected chi connectivity index (χ4v) is 3.02. The van der Waals surface area contributed by atoms with Crippen molar-refractivity contribution < 1.29 is 30.0 Å². The van der Waals surface area contributed by atoms with Crippen LogP contribution in [0.3, 0.4) is 0 Å². The second-order valence-electron chi connectivity index (χ2n) is 4.61. The molecule has 0 unspecified atom stereocenters. The monoisotopic (exact) mass is 384 g/mol. The van der Waals surface area contributed by atoms with Crippen LogP contribution in [-0.4, -0.2) is 32.0 Å². The molecule has 6 nitrogen and oxygen atoms in total. The Morgan fingerprint density at radius 1 is 0.773 bits per heavy atom. The van der Waals surface area contributed by atoms with Crippen molar-refractivity contribution in [2.24, 2.45) is 0 Å². The van der Waals surface area contributed by atoms with Gasteiger partial charge in [-0.05, 0) is 22.0 Å². The van der Waals surface area contributed by atoms with Gasteiger partial charge in [0.15, 0.2) is 0 Å². The normalized spacial score (nSPS) is 13.0. The van der Waals surface area contributed by atoms with Crippen LogP contribution in [0.15, 0.2) is 16.6 Å². The maximum absolute atomic E-state index is 12.5. The summed E-state index contributed by atoms with van der Waals surface area (Å²) in [4.78, 5) is 25.0. The highest BCUT2D eigenvalue weighted by Crippen LogP contribution is 2.47. The lowest BCUT2D eigenvalue weighted by molar-refractivity contribution is 0.0969. The first-order valence-corrected chi connectivity index (χ1v) is 7.01. The number of phenolic OH excluding ortho intramolecular Hbond substituents is 4. The molecule has 0 heterocycles. The highest BCUT2D eigenvalue weighted by Gasteiger charge is 2.39. The summed E-state index contributed by atoms with van der Waals surface area (Å²) in [7, 11) is 0. The Morgan fingerprint density at radius 2 is 1.23 bits per heavy atom. The molecular formula is C14H6BrClO6. The minimum absolute atomic E-state index is 0.00558. The molecule has 4 N–H and O–H groups in total. The highest BCUT2D eigenvalue weighted by molar-refractivity contribution is 9.10. The summed E-state index contributed by atoms with van der Waals surface area (Å²) in [5.74, 6) is -4.24. The van der Waals surface area contributed by atoms with E-state index in [1.807, 2.05) is 0 Å². The largest absolute Gasteiger partial charge is 0.507 e. The fourth-order valence-electron chi connectivity index (χ4n) is 2.40. The summed E-state index contributed by atoms with van der Waals surface area (Å²) in [6, 6.07) is 1.96. The van der Waals surface area contributed by atoms with Crippen LogP contribution >= 0.6 is 27.5 Å². The third-order valence-corrected chi connectivity index (χ3v) is 4.27. The lowest BCUT2D eigenvalue weighted by Gasteiger charge is -2.21. The first-order valence-electron chi connectivity index (χ1n) is 5.84. The van der Waals surface area contributed by atoms with Crippen LogP contribution in [0.1, 0.15) is 31.8 Å². The Bertz CT molecular complexity index is 816. The molecule has 0 fully saturated rings. The predicted molar refractivity (Wildman–Crippen MR) is 79.1 cm³/mol. The molecular weight excluding hydrogens is 380 g/mol. The first kappa shape index (κ1) is 14.7. The Morgan fingerprint density at radius 3 is 1.77 bits per heavy atom. The van der Waals surface area contributed by atoms with Crippen LogP contribution in [0.5, 0.6) is 23.0 Å². The van der Waals surface area contributed by atoms with Crippen LogP contribution in [0.2, 0.25) is 5.02 Å². The number of benzene rings is 2. The van der Waals surface area contributed by atoms with Crippen LogP contribution in [-0.2, 0) is 0 Å². The molecule has 2 aromatic rings. The topological polar surface area (TPSA) is 115 Å². The van der Waals surface area contributed by atoms with E-state index >= 15 is 0 Å². The van der Waals surface area contributed by atoms with E-state index in [1.165, 1.54) is 0 Å². The Hall–Kier alpha value is -2.25. The van der Waals surface area contributed by atoms with Gasteiger partial charge in [-0.15, -0.1) is 0 Å². The molecule has 112 valence electrons. The maximum atomic E-state index is 12.5. The minimum Gasteiger partial charge on any atom is -0.507 e. The molecule has 3 rings (SSSR count). The molecule has 0 aliphatic heterocycles. The second-order valence-corrected chi connectivity index (χ2v) is 5.87. The van der Waals surface area contributed by atoms with Gasteiger partial charge >= 0.3 is 0 Å². The predicted octanol–water partition coefficient (Wildman–Crippen LogP) is 2.70. The summed E-state index contributed by atoms with van der Waals surface area (Å²) in [5, 5.41) is 39.4. The van der Waals surface area contributed by atoms with Crippen molar-refractivity contribution in [3.63, 3.8) is 0 Å². The molecule has 22 heavy (non-hydrogen) atoms. The zero-order valence-electron chi connectivity index (χ0n) is 10.5. The summed E-state index contributed by atoms with van der Waals surface area (Å²) in [6.45, 7) is 0. The Labute approximate surface area is 136 Å². The number of fused-ring (bicyclic) bond motifs is 2. The van der Waals surface area contributed by atoms with Crippen molar-refractivity contribution in [2.75, 3.05) is 0 Å². The average Bonchev–Trinajstić information content (AvgIpc) is 2.44. The summed E-state index contributed by atoms with van der Waals surface area (Å²) >= 11 is 8.65. The quantitative estimate of drug-likeness (QED) is 0.442. The van der Waals surface area contributed by atoms with Crippen LogP contribution in [0, 0.1) is 0 Å². The molecule has 0 aromatic heterocycles. The SMILES string of the molecule is O=C1c2c(O)cc(Br)c(O)c2C(=O)c2c(O)cc(Cl)c(O)c21. The zero-order valence-corrected chi connectivity index (χ0v) is 12.9. The standard InChI is InChI=1S/C14H6BrClO6/c15-3-1-5(17)7-9(11(3)19)13(21)8-6(18)2-4(16)12(20)10(8)14(7)22/h1-2,17-20H. The smallest absolute Gasteiger partial charge is 0.202 e. The number of ketones is 2. The maximum Gasteiger partial charge on any atom is 0.202 e. The molecule has 0 radical (unpaired) electrons. The van der Waals surface area contributed by atoms with E-state index in [0.717, 1.165) is 12.1 Å². The number of halogens is 2. The molecule has 0 atom stereocenters. The molecule has 1 aliphatic carbocycles. The summed E-state index contributed by atoms with van der Waals surface area (Å²) < 4.78 is 0.00558. The lowest BCUT2D eigenvalue weighted by atomic mass is 9.82. The first-order chi connectivity index (χ1) is 10.3. The number of aromatic hydroxyl groups is 4. The van der Waals surface area contributed by atoms with Gasteiger partial charge in [0, 0.05) is 6.07 Å². The van der Waals surface area contributed by atoms with E-state index in [4.69, 9.17) is 11.6 Å². The van der Waals surface area contributed by atoms with E-state index < -0.39 is 56.8 Å². The van der Waals surface area contributed by atoms with Crippen LogP contribution < -0.4 is 0 Å². The molecule has 0 saturated carbocycles. The average molecular weight is 386 g/mol. The van der Waals surface area contributed by atoms with Crippen molar-refractivity contribution in [3.05, 3.63) is 43.9 Å². The van der Waals surface area contributed by atoms with Crippen molar-refractivity contribution in [3.8, 4) is 23.0 Å². The van der Waals surface area contributed by atoms with E-state index in [-0.39, 0.29) is 9.50 Å². The van der Waals surface area contributed by atoms with Crippen molar-refractivity contribution in [1.29, 1.82) is 0 Å². The lowest BCUT2D eigenvalue weighted by Crippen LogP contribution is -2.22. The van der Waals surface area contributed by atoms with Gasteiger partial charge in [0.25, 0.3) is 0 Å². The van der Waals surface area contributed by atoms with Crippen molar-refractivity contribution >= 4 is 39.1 Å². The van der Waals surface area contributed by atoms with Gasteiger partial charge in [0.05, 0.1) is 31.7 Å². The molecule has 0 saturated heterocycles. The molecule has 0 bridgehead atoms. The number of rotatable bonds is 0. The van der Waals surface area contributed by atoms with Gasteiger partial charge in [0.1, 0.15) is 23.0 Å². The van der Waals surface area contributed by atoms with E-state index in [0.29, 0.717) is 0 Å². The Kier molecular flexibility index (Phi) is 3.08. The van der Waals surface area contributed by atoms with E-state index in [9.17, 15) is 30.0 Å². The number of carbonyl (C=O) groups excluding carboxylic acids is 2. The van der Waals surface area contributed by atoms with Gasteiger partial charge in [-0.25, -0.2) is 0 Å². The molecule has 8 heteroatoms. The molecule has 0 spiro atoms. The van der Waals surface area contributed by atoms with E-state index in [2.05, 4.69) is 15.9 Å². The molecule has 2 aromatic carbocycles. The number of carbonyl (C=O) groups is 2. The zero-order chi connectivity index (χ0) is 16.3. The minimum atomic E-state index is -0.930. The van der Waals surface area contributed by atoms with Crippen molar-refractivity contribution in [2.45, 2.75) is 0 Å². The molecule has 1 aliphatic rings. The summed E-state index contributed by atoms with van der Waals surface area (Å²) in [5.41, 5.74) is -1.91. The van der Waals surface area contributed by atoms with Crippen molar-refractivity contribution in [1.82, 2.24) is 0 Å². The van der Waals surface area contributed by atoms with Gasteiger partial charge in [-0.3, -0.25) is 9.59 Å². The third-order valence-electron chi connectivity index (χ3n) is 3.37. The second kappa shape index (κ2) is 4.62. The van der Waals surface area contributed by atoms with Gasteiger partial charge in [-0.1, -0.05) is 11.6 Å². The van der Waals surface area contributed by atoms with E-state index in [1.54, 1.807) is 0 Å². The number of phenols is 4. The Balaban J connectivity index is 2.49. The van der Waals surface area contributed by atoms with Crippen LogP contribution in [0.25, 0.3) is 0 Å². The number of hydrogen-bond acceptors (Lipinski definition) is 6. The molecule has 0 amide bonds. The van der Waals surface area contributed by atoms with Crippen LogP contribution in [0.4, 0.5) is 0 Å². The number of hydrogen-bond donors (Lipinski definition) is 4. The fraction of sp³-hybridized carbons (Fsp3) is 0. The highest BCUT2D eigenvalue weighted by atomic mass is 79.9. The van der Waals surface area contributed by atoms with Gasteiger partial charge in [0.2, 0.25) is 11.6 Å².